The van der Waals surface area contributed by atoms with Gasteiger partial charge >= 0.3 is 5.97 Å². The molecule has 1 aromatic heterocycles. The lowest BCUT2D eigenvalue weighted by Crippen LogP contribution is -2.34. The third-order valence-electron chi connectivity index (χ3n) is 3.37. The lowest BCUT2D eigenvalue weighted by molar-refractivity contribution is -0.133. The number of carboxylic acid groups (broad SMARTS) is 1. The number of hydrogen-bond donors (Lipinski definition) is 1. The highest BCUT2D eigenvalue weighted by Crippen LogP contribution is 2.14. The van der Waals surface area contributed by atoms with Gasteiger partial charge in [-0.05, 0) is 19.4 Å². The van der Waals surface area contributed by atoms with Crippen LogP contribution in [0.25, 0.3) is 0 Å². The minimum absolute atomic E-state index is 0.0194. The Bertz CT molecular complexity index is 550. The van der Waals surface area contributed by atoms with Gasteiger partial charge < -0.3 is 5.11 Å². The van der Waals surface area contributed by atoms with Crippen LogP contribution in [0.3, 0.4) is 0 Å². The van der Waals surface area contributed by atoms with Crippen molar-refractivity contribution in [3.63, 3.8) is 0 Å². The summed E-state index contributed by atoms with van der Waals surface area (Å²) in [6.07, 6.45) is 3.19. The second-order valence-electron chi connectivity index (χ2n) is 4.85. The fraction of sp³-hybridized carbons (Fsp3) is 0.538. The minimum atomic E-state index is -1.08. The van der Waals surface area contributed by atoms with Gasteiger partial charge in [-0.15, -0.1) is 0 Å². The SMILES string of the molecule is CCC(C)n1ccc(CN2N=C(C(=O)O)CCC2=O)n1. The number of aromatic nitrogens is 2. The number of nitrogens with zero attached hydrogens (tertiary/aromatic N) is 4. The first-order valence-electron chi connectivity index (χ1n) is 6.66. The normalized spacial score (nSPS) is 17.0. The highest BCUT2D eigenvalue weighted by Gasteiger charge is 2.24. The number of amides is 1. The van der Waals surface area contributed by atoms with Crippen LogP contribution < -0.4 is 0 Å². The Morgan fingerprint density at radius 3 is 2.90 bits per heavy atom. The van der Waals surface area contributed by atoms with E-state index in [2.05, 4.69) is 24.0 Å². The topological polar surface area (TPSA) is 87.8 Å². The second-order valence-corrected chi connectivity index (χ2v) is 4.85. The molecule has 0 spiro atoms. The van der Waals surface area contributed by atoms with Gasteiger partial charge in [-0.2, -0.15) is 10.2 Å². The molecule has 0 radical (unpaired) electrons. The molecule has 0 bridgehead atoms. The molecule has 7 heteroatoms. The maximum absolute atomic E-state index is 11.8. The lowest BCUT2D eigenvalue weighted by Gasteiger charge is -2.21. The zero-order valence-corrected chi connectivity index (χ0v) is 11.6. The van der Waals surface area contributed by atoms with Crippen molar-refractivity contribution in [3.05, 3.63) is 18.0 Å². The van der Waals surface area contributed by atoms with Crippen molar-refractivity contribution >= 4 is 17.6 Å². The first-order chi connectivity index (χ1) is 9.51. The van der Waals surface area contributed by atoms with E-state index in [0.717, 1.165) is 6.42 Å². The van der Waals surface area contributed by atoms with Crippen molar-refractivity contribution in [1.29, 1.82) is 0 Å². The van der Waals surface area contributed by atoms with E-state index in [1.807, 2.05) is 16.9 Å². The van der Waals surface area contributed by atoms with E-state index in [1.165, 1.54) is 5.01 Å². The standard InChI is InChI=1S/C13H18N4O3/c1-3-9(2)16-7-6-10(14-16)8-17-12(18)5-4-11(15-17)13(19)20/h6-7,9H,3-5,8H2,1-2H3,(H,19,20). The van der Waals surface area contributed by atoms with Crippen molar-refractivity contribution in [1.82, 2.24) is 14.8 Å². The van der Waals surface area contributed by atoms with E-state index in [0.29, 0.717) is 11.7 Å². The average molecular weight is 278 g/mol. The molecule has 1 aliphatic rings. The van der Waals surface area contributed by atoms with E-state index >= 15 is 0 Å². The van der Waals surface area contributed by atoms with Crippen LogP contribution >= 0.6 is 0 Å². The number of carboxylic acids is 1. The summed E-state index contributed by atoms with van der Waals surface area (Å²) in [6.45, 7) is 4.34. The molecule has 1 unspecified atom stereocenters. The Balaban J connectivity index is 2.12. The Morgan fingerprint density at radius 1 is 1.50 bits per heavy atom. The maximum Gasteiger partial charge on any atom is 0.352 e. The fourth-order valence-corrected chi connectivity index (χ4v) is 1.93. The van der Waals surface area contributed by atoms with E-state index in [1.54, 1.807) is 0 Å². The first kappa shape index (κ1) is 14.2. The van der Waals surface area contributed by atoms with Crippen LogP contribution in [0.4, 0.5) is 0 Å². The summed E-state index contributed by atoms with van der Waals surface area (Å²) in [5, 5.41) is 18.4. The third-order valence-corrected chi connectivity index (χ3v) is 3.37. The van der Waals surface area contributed by atoms with Gasteiger partial charge in [0.1, 0.15) is 5.71 Å². The molecule has 108 valence electrons. The van der Waals surface area contributed by atoms with E-state index in [4.69, 9.17) is 5.11 Å². The summed E-state index contributed by atoms with van der Waals surface area (Å²) in [5.74, 6) is -1.25. The van der Waals surface area contributed by atoms with Crippen molar-refractivity contribution < 1.29 is 14.7 Å². The van der Waals surface area contributed by atoms with Crippen LogP contribution in [0, 0.1) is 0 Å². The van der Waals surface area contributed by atoms with Gasteiger partial charge in [-0.1, -0.05) is 6.92 Å². The van der Waals surface area contributed by atoms with Gasteiger partial charge in [0.2, 0.25) is 5.91 Å². The van der Waals surface area contributed by atoms with Crippen molar-refractivity contribution in [3.8, 4) is 0 Å². The average Bonchev–Trinajstić information content (AvgIpc) is 2.88. The number of hydrazone groups is 1. The molecular weight excluding hydrogens is 260 g/mol. The summed E-state index contributed by atoms with van der Waals surface area (Å²) >= 11 is 0. The Labute approximate surface area is 116 Å². The van der Waals surface area contributed by atoms with Crippen molar-refractivity contribution in [2.24, 2.45) is 5.10 Å². The van der Waals surface area contributed by atoms with Crippen molar-refractivity contribution in [2.75, 3.05) is 0 Å². The van der Waals surface area contributed by atoms with Crippen LogP contribution in [-0.2, 0) is 16.1 Å². The van der Waals surface area contributed by atoms with Gasteiger partial charge in [0.15, 0.2) is 0 Å². The summed E-state index contributed by atoms with van der Waals surface area (Å²) in [4.78, 5) is 22.7. The predicted octanol–water partition coefficient (Wildman–Crippen LogP) is 1.42. The van der Waals surface area contributed by atoms with Crippen LogP contribution in [0.2, 0.25) is 0 Å². The summed E-state index contributed by atoms with van der Waals surface area (Å²) < 4.78 is 1.84. The molecule has 0 aromatic carbocycles. The quantitative estimate of drug-likeness (QED) is 0.882. The minimum Gasteiger partial charge on any atom is -0.477 e. The monoisotopic (exact) mass is 278 g/mol. The van der Waals surface area contributed by atoms with Gasteiger partial charge in [0, 0.05) is 25.1 Å². The molecule has 1 N–H and O–H groups in total. The Kier molecular flexibility index (Phi) is 4.16. The number of carbonyl (C=O) groups is 2. The van der Waals surface area contributed by atoms with Crippen LogP contribution in [-0.4, -0.2) is 37.5 Å². The van der Waals surface area contributed by atoms with E-state index < -0.39 is 5.97 Å². The molecule has 2 rings (SSSR count). The van der Waals surface area contributed by atoms with Crippen LogP contribution in [0.1, 0.15) is 44.8 Å². The zero-order valence-electron chi connectivity index (χ0n) is 11.6. The fourth-order valence-electron chi connectivity index (χ4n) is 1.93. The number of hydrogen-bond acceptors (Lipinski definition) is 4. The molecule has 1 amide bonds. The molecule has 7 nitrogen and oxygen atoms in total. The lowest BCUT2D eigenvalue weighted by atomic mass is 10.1. The Hall–Kier alpha value is -2.18. The molecule has 0 fully saturated rings. The molecule has 1 aromatic rings. The molecule has 0 aliphatic carbocycles. The molecule has 2 heterocycles. The van der Waals surface area contributed by atoms with Gasteiger partial charge in [-0.25, -0.2) is 9.80 Å². The molecule has 0 saturated carbocycles. The third kappa shape index (κ3) is 3.04. The largest absolute Gasteiger partial charge is 0.477 e. The number of aliphatic carboxylic acids is 1. The summed E-state index contributed by atoms with van der Waals surface area (Å²) in [5.41, 5.74) is 0.722. The van der Waals surface area contributed by atoms with Crippen LogP contribution in [0.15, 0.2) is 17.4 Å². The molecule has 1 aliphatic heterocycles. The van der Waals surface area contributed by atoms with Gasteiger partial charge in [0.25, 0.3) is 0 Å². The molecule has 20 heavy (non-hydrogen) atoms. The highest BCUT2D eigenvalue weighted by molar-refractivity contribution is 6.36. The zero-order chi connectivity index (χ0) is 14.7. The molecule has 1 atom stereocenters. The maximum atomic E-state index is 11.8. The predicted molar refractivity (Wildman–Crippen MR) is 72.1 cm³/mol. The Morgan fingerprint density at radius 2 is 2.25 bits per heavy atom. The molecular formula is C13H18N4O3. The van der Waals surface area contributed by atoms with Gasteiger partial charge in [0.05, 0.1) is 12.2 Å². The molecule has 0 saturated heterocycles. The van der Waals surface area contributed by atoms with E-state index in [-0.39, 0.29) is 31.0 Å². The van der Waals surface area contributed by atoms with Crippen molar-refractivity contribution in [2.45, 2.75) is 45.7 Å². The second kappa shape index (κ2) is 5.85. The summed E-state index contributed by atoms with van der Waals surface area (Å²) in [6, 6.07) is 2.11. The number of carbonyl (C=O) groups excluding carboxylic acids is 1. The van der Waals surface area contributed by atoms with Crippen LogP contribution in [0.5, 0.6) is 0 Å². The smallest absolute Gasteiger partial charge is 0.352 e. The number of rotatable bonds is 5. The highest BCUT2D eigenvalue weighted by atomic mass is 16.4. The van der Waals surface area contributed by atoms with Gasteiger partial charge in [-0.3, -0.25) is 9.48 Å². The first-order valence-corrected chi connectivity index (χ1v) is 6.66. The summed E-state index contributed by atoms with van der Waals surface area (Å²) in [7, 11) is 0. The van der Waals surface area contributed by atoms with E-state index in [9.17, 15) is 9.59 Å².